The monoisotopic (exact) mass is 294 g/mol. The van der Waals surface area contributed by atoms with E-state index in [4.69, 9.17) is 16.7 Å². The Labute approximate surface area is 118 Å². The summed E-state index contributed by atoms with van der Waals surface area (Å²) >= 11 is 5.78. The summed E-state index contributed by atoms with van der Waals surface area (Å²) in [5.41, 5.74) is -0.168. The van der Waals surface area contributed by atoms with Gasteiger partial charge in [0.15, 0.2) is 0 Å². The van der Waals surface area contributed by atoms with Crippen LogP contribution in [0.4, 0.5) is 10.1 Å². The Bertz CT molecular complexity index is 691. The molecule has 2 N–H and O–H groups in total. The van der Waals surface area contributed by atoms with Crippen LogP contribution in [0.1, 0.15) is 20.7 Å². The first-order chi connectivity index (χ1) is 9.49. The van der Waals surface area contributed by atoms with E-state index in [9.17, 15) is 14.0 Å². The van der Waals surface area contributed by atoms with E-state index in [-0.39, 0.29) is 21.8 Å². The van der Waals surface area contributed by atoms with Crippen LogP contribution in [0.3, 0.4) is 0 Å². The topological polar surface area (TPSA) is 79.3 Å². The highest BCUT2D eigenvalue weighted by molar-refractivity contribution is 6.34. The number of aromatic nitrogens is 1. The molecule has 5 nitrogen and oxygen atoms in total. The van der Waals surface area contributed by atoms with Gasteiger partial charge < -0.3 is 10.4 Å². The van der Waals surface area contributed by atoms with Crippen LogP contribution in [0.2, 0.25) is 5.02 Å². The third-order valence-electron chi connectivity index (χ3n) is 2.46. The molecule has 1 amide bonds. The third-order valence-corrected chi connectivity index (χ3v) is 2.78. The predicted molar refractivity (Wildman–Crippen MR) is 70.6 cm³/mol. The summed E-state index contributed by atoms with van der Waals surface area (Å²) < 4.78 is 12.9. The molecule has 2 rings (SSSR count). The van der Waals surface area contributed by atoms with E-state index in [1.807, 2.05) is 0 Å². The average Bonchev–Trinajstić information content (AvgIpc) is 2.38. The summed E-state index contributed by atoms with van der Waals surface area (Å²) in [4.78, 5) is 26.3. The largest absolute Gasteiger partial charge is 0.478 e. The summed E-state index contributed by atoms with van der Waals surface area (Å²) in [6.45, 7) is 0. The van der Waals surface area contributed by atoms with Crippen LogP contribution in [-0.4, -0.2) is 22.0 Å². The highest BCUT2D eigenvalue weighted by atomic mass is 35.5. The first kappa shape index (κ1) is 14.0. The van der Waals surface area contributed by atoms with Crippen molar-refractivity contribution in [2.24, 2.45) is 0 Å². The molecule has 1 heterocycles. The van der Waals surface area contributed by atoms with Crippen molar-refractivity contribution >= 4 is 29.2 Å². The van der Waals surface area contributed by atoms with Gasteiger partial charge in [-0.3, -0.25) is 4.79 Å². The quantitative estimate of drug-likeness (QED) is 0.853. The number of amides is 1. The second kappa shape index (κ2) is 5.66. The van der Waals surface area contributed by atoms with E-state index in [1.54, 1.807) is 0 Å². The van der Waals surface area contributed by atoms with Crippen LogP contribution in [-0.2, 0) is 0 Å². The summed E-state index contributed by atoms with van der Waals surface area (Å²) in [5.74, 6) is -2.73. The zero-order valence-corrected chi connectivity index (χ0v) is 10.7. The number of carboxylic acids is 1. The smallest absolute Gasteiger partial charge is 0.339 e. The lowest BCUT2D eigenvalue weighted by Gasteiger charge is -2.09. The van der Waals surface area contributed by atoms with E-state index in [1.165, 1.54) is 24.3 Å². The Morgan fingerprint density at radius 3 is 2.70 bits per heavy atom. The summed E-state index contributed by atoms with van der Waals surface area (Å²) in [6, 6.07) is 6.54. The normalized spacial score (nSPS) is 10.1. The number of benzene rings is 1. The second-order valence-electron chi connectivity index (χ2n) is 3.79. The molecule has 0 fully saturated rings. The van der Waals surface area contributed by atoms with E-state index < -0.39 is 17.8 Å². The highest BCUT2D eigenvalue weighted by Crippen LogP contribution is 2.24. The number of carboxylic acid groups (broad SMARTS) is 1. The molecule has 0 saturated carbocycles. The minimum absolute atomic E-state index is 0.00351. The molecule has 0 atom stereocenters. The van der Waals surface area contributed by atoms with E-state index in [0.717, 1.165) is 12.3 Å². The molecule has 0 saturated heterocycles. The Hall–Kier alpha value is -2.47. The van der Waals surface area contributed by atoms with Gasteiger partial charge in [-0.15, -0.1) is 0 Å². The van der Waals surface area contributed by atoms with Gasteiger partial charge in [-0.1, -0.05) is 17.7 Å². The van der Waals surface area contributed by atoms with Crippen LogP contribution >= 0.6 is 11.6 Å². The molecule has 0 aliphatic carbocycles. The van der Waals surface area contributed by atoms with Gasteiger partial charge >= 0.3 is 5.97 Å². The molecular weight excluding hydrogens is 287 g/mol. The Morgan fingerprint density at radius 1 is 1.30 bits per heavy atom. The number of pyridine rings is 1. The van der Waals surface area contributed by atoms with Crippen molar-refractivity contribution < 1.29 is 19.1 Å². The molecule has 1 aromatic carbocycles. The maximum absolute atomic E-state index is 12.9. The minimum atomic E-state index is -1.27. The molecule has 7 heteroatoms. The van der Waals surface area contributed by atoms with Gasteiger partial charge in [-0.05, 0) is 18.2 Å². The molecule has 0 unspecified atom stereocenters. The second-order valence-corrected chi connectivity index (χ2v) is 4.20. The van der Waals surface area contributed by atoms with Crippen molar-refractivity contribution in [2.75, 3.05) is 5.32 Å². The number of hydrogen-bond acceptors (Lipinski definition) is 3. The number of aromatic carboxylic acids is 1. The molecule has 20 heavy (non-hydrogen) atoms. The molecule has 0 bridgehead atoms. The van der Waals surface area contributed by atoms with Crippen molar-refractivity contribution in [1.29, 1.82) is 0 Å². The summed E-state index contributed by atoms with van der Waals surface area (Å²) in [6.07, 6.45) is 1.14. The molecule has 102 valence electrons. The number of anilines is 1. The number of halogens is 2. The van der Waals surface area contributed by atoms with Crippen molar-refractivity contribution in [3.05, 3.63) is 58.6 Å². The van der Waals surface area contributed by atoms with Crippen LogP contribution in [0.5, 0.6) is 0 Å². The first-order valence-corrected chi connectivity index (χ1v) is 5.81. The molecule has 1 aromatic heterocycles. The van der Waals surface area contributed by atoms with Gasteiger partial charge in [0.1, 0.15) is 5.56 Å². The number of carbonyl (C=O) groups is 2. The Morgan fingerprint density at radius 2 is 2.05 bits per heavy atom. The third kappa shape index (κ3) is 2.92. The van der Waals surface area contributed by atoms with Crippen LogP contribution in [0.25, 0.3) is 0 Å². The Kier molecular flexibility index (Phi) is 3.95. The zero-order valence-electron chi connectivity index (χ0n) is 9.93. The molecular formula is C13H8ClFN2O3. The van der Waals surface area contributed by atoms with Crippen LogP contribution in [0.15, 0.2) is 36.5 Å². The SMILES string of the molecule is O=C(Nc1cccc(Cl)c1C(=O)O)c1ccnc(F)c1. The van der Waals surface area contributed by atoms with Gasteiger partial charge in [0.05, 0.1) is 10.7 Å². The maximum Gasteiger partial charge on any atom is 0.339 e. The zero-order chi connectivity index (χ0) is 14.7. The molecule has 0 aliphatic rings. The fraction of sp³-hybridized carbons (Fsp3) is 0. The van der Waals surface area contributed by atoms with E-state index >= 15 is 0 Å². The summed E-state index contributed by atoms with van der Waals surface area (Å²) in [5, 5.41) is 11.4. The molecule has 0 radical (unpaired) electrons. The average molecular weight is 295 g/mol. The van der Waals surface area contributed by atoms with Crippen molar-refractivity contribution in [3.63, 3.8) is 0 Å². The Balaban J connectivity index is 2.33. The molecule has 0 spiro atoms. The van der Waals surface area contributed by atoms with Gasteiger partial charge in [0.25, 0.3) is 5.91 Å². The number of hydrogen-bond donors (Lipinski definition) is 2. The van der Waals surface area contributed by atoms with Crippen LogP contribution < -0.4 is 5.32 Å². The minimum Gasteiger partial charge on any atom is -0.478 e. The van der Waals surface area contributed by atoms with E-state index in [2.05, 4.69) is 10.3 Å². The summed E-state index contributed by atoms with van der Waals surface area (Å²) in [7, 11) is 0. The lowest BCUT2D eigenvalue weighted by atomic mass is 10.1. The fourth-order valence-corrected chi connectivity index (χ4v) is 1.84. The number of rotatable bonds is 3. The fourth-order valence-electron chi connectivity index (χ4n) is 1.58. The maximum atomic E-state index is 12.9. The van der Waals surface area contributed by atoms with Gasteiger partial charge in [-0.25, -0.2) is 9.78 Å². The highest BCUT2D eigenvalue weighted by Gasteiger charge is 2.17. The van der Waals surface area contributed by atoms with Gasteiger partial charge in [0.2, 0.25) is 5.95 Å². The van der Waals surface area contributed by atoms with Gasteiger partial charge in [-0.2, -0.15) is 4.39 Å². The van der Waals surface area contributed by atoms with E-state index in [0.29, 0.717) is 0 Å². The van der Waals surface area contributed by atoms with Crippen molar-refractivity contribution in [3.8, 4) is 0 Å². The van der Waals surface area contributed by atoms with Gasteiger partial charge in [0, 0.05) is 17.8 Å². The first-order valence-electron chi connectivity index (χ1n) is 5.44. The van der Waals surface area contributed by atoms with Crippen molar-refractivity contribution in [1.82, 2.24) is 4.98 Å². The number of nitrogens with one attached hydrogen (secondary N) is 1. The lowest BCUT2D eigenvalue weighted by molar-refractivity contribution is 0.0698. The number of nitrogens with zero attached hydrogens (tertiary/aromatic N) is 1. The lowest BCUT2D eigenvalue weighted by Crippen LogP contribution is -2.15. The standard InChI is InChI=1S/C13H8ClFN2O3/c14-8-2-1-3-9(11(8)13(19)20)17-12(18)7-4-5-16-10(15)6-7/h1-6H,(H,17,18)(H,19,20). The molecule has 0 aliphatic heterocycles. The van der Waals surface area contributed by atoms with Crippen molar-refractivity contribution in [2.45, 2.75) is 0 Å². The van der Waals surface area contributed by atoms with Crippen LogP contribution in [0, 0.1) is 5.95 Å². The molecule has 2 aromatic rings. The predicted octanol–water partition coefficient (Wildman–Crippen LogP) is 2.82. The number of carbonyl (C=O) groups excluding carboxylic acids is 1.